The van der Waals surface area contributed by atoms with E-state index in [9.17, 15) is 0 Å². The predicted molar refractivity (Wildman–Crippen MR) is 86.4 cm³/mol. The highest BCUT2D eigenvalue weighted by molar-refractivity contribution is 7.19. The third-order valence-electron chi connectivity index (χ3n) is 4.42. The number of thiophene rings is 1. The summed E-state index contributed by atoms with van der Waals surface area (Å²) in [5.74, 6) is 0. The molecular formula is C16H17ClN2S. The van der Waals surface area contributed by atoms with Crippen molar-refractivity contribution in [3.63, 3.8) is 0 Å². The van der Waals surface area contributed by atoms with Crippen LogP contribution in [-0.2, 0) is 0 Å². The van der Waals surface area contributed by atoms with Gasteiger partial charge in [-0.3, -0.25) is 4.90 Å². The van der Waals surface area contributed by atoms with Crippen LogP contribution in [-0.4, -0.2) is 29.0 Å². The molecule has 104 valence electrons. The minimum absolute atomic E-state index is 0.615. The van der Waals surface area contributed by atoms with Crippen molar-refractivity contribution in [3.05, 3.63) is 34.3 Å². The lowest BCUT2D eigenvalue weighted by Crippen LogP contribution is -2.42. The van der Waals surface area contributed by atoms with Gasteiger partial charge in [0.1, 0.15) is 4.83 Å². The molecule has 0 aromatic carbocycles. The Bertz CT molecular complexity index is 676. The topological polar surface area (TPSA) is 16.1 Å². The normalized spacial score (nSPS) is 23.6. The number of nitrogens with zero attached hydrogens (tertiary/aromatic N) is 2. The summed E-state index contributed by atoms with van der Waals surface area (Å²) in [5.41, 5.74) is 1.51. The van der Waals surface area contributed by atoms with Crippen molar-refractivity contribution < 1.29 is 0 Å². The van der Waals surface area contributed by atoms with Gasteiger partial charge in [-0.05, 0) is 43.5 Å². The summed E-state index contributed by atoms with van der Waals surface area (Å²) >= 11 is 8.07. The van der Waals surface area contributed by atoms with Crippen LogP contribution < -0.4 is 0 Å². The van der Waals surface area contributed by atoms with Crippen LogP contribution in [0.3, 0.4) is 0 Å². The molecule has 1 saturated heterocycles. The lowest BCUT2D eigenvalue weighted by atomic mass is 9.90. The molecule has 0 saturated carbocycles. The monoisotopic (exact) mass is 304 g/mol. The Morgan fingerprint density at radius 1 is 1.30 bits per heavy atom. The first-order valence-electron chi connectivity index (χ1n) is 7.31. The molecule has 0 bridgehead atoms. The molecule has 0 radical (unpaired) electrons. The van der Waals surface area contributed by atoms with Crippen LogP contribution in [0.5, 0.6) is 0 Å². The molecule has 2 aliphatic rings. The van der Waals surface area contributed by atoms with E-state index < -0.39 is 0 Å². The fraction of sp³-hybridized carbons (Fsp3) is 0.438. The third kappa shape index (κ3) is 2.09. The average Bonchev–Trinajstić information content (AvgIpc) is 2.92. The fourth-order valence-corrected chi connectivity index (χ4v) is 4.82. The Morgan fingerprint density at radius 2 is 2.25 bits per heavy atom. The number of hydrogen-bond acceptors (Lipinski definition) is 3. The van der Waals surface area contributed by atoms with Gasteiger partial charge >= 0.3 is 0 Å². The van der Waals surface area contributed by atoms with E-state index in [2.05, 4.69) is 22.0 Å². The first-order chi connectivity index (χ1) is 9.83. The maximum atomic E-state index is 6.28. The Kier molecular flexibility index (Phi) is 3.29. The molecule has 0 N–H and O–H groups in total. The zero-order chi connectivity index (χ0) is 13.5. The van der Waals surface area contributed by atoms with Crippen LogP contribution in [0, 0.1) is 0 Å². The highest BCUT2D eigenvalue weighted by Crippen LogP contribution is 2.39. The summed E-state index contributed by atoms with van der Waals surface area (Å²) in [6.07, 6.45) is 9.40. The number of fused-ring (bicyclic) bond motifs is 2. The fourth-order valence-electron chi connectivity index (χ4n) is 3.45. The van der Waals surface area contributed by atoms with Crippen LogP contribution in [0.1, 0.15) is 30.6 Å². The molecule has 1 unspecified atom stereocenters. The van der Waals surface area contributed by atoms with Crippen molar-refractivity contribution in [2.75, 3.05) is 13.1 Å². The largest absolute Gasteiger partial charge is 0.296 e. The highest BCUT2D eigenvalue weighted by atomic mass is 35.5. The molecule has 0 spiro atoms. The minimum Gasteiger partial charge on any atom is -0.296 e. The van der Waals surface area contributed by atoms with E-state index in [1.807, 2.05) is 6.07 Å². The van der Waals surface area contributed by atoms with Gasteiger partial charge in [-0.2, -0.15) is 0 Å². The average molecular weight is 305 g/mol. The lowest BCUT2D eigenvalue weighted by Gasteiger charge is -2.39. The minimum atomic E-state index is 0.615. The molecule has 0 amide bonds. The second kappa shape index (κ2) is 5.14. The van der Waals surface area contributed by atoms with Crippen molar-refractivity contribution in [1.82, 2.24) is 9.88 Å². The number of halogens is 1. The van der Waals surface area contributed by atoms with E-state index in [4.69, 9.17) is 11.6 Å². The molecule has 1 atom stereocenters. The maximum Gasteiger partial charge on any atom is 0.125 e. The molecule has 2 aromatic heterocycles. The molecular weight excluding hydrogens is 288 g/mol. The van der Waals surface area contributed by atoms with Gasteiger partial charge in [0.25, 0.3) is 0 Å². The highest BCUT2D eigenvalue weighted by Gasteiger charge is 2.29. The summed E-state index contributed by atoms with van der Waals surface area (Å²) in [7, 11) is 0. The van der Waals surface area contributed by atoms with E-state index in [-0.39, 0.29) is 0 Å². The molecule has 2 aromatic rings. The van der Waals surface area contributed by atoms with Gasteiger partial charge in [0.2, 0.25) is 0 Å². The Hall–Kier alpha value is -0.900. The van der Waals surface area contributed by atoms with Crippen molar-refractivity contribution in [1.29, 1.82) is 0 Å². The molecule has 4 heterocycles. The van der Waals surface area contributed by atoms with Crippen molar-refractivity contribution in [2.24, 2.45) is 0 Å². The second-order valence-electron chi connectivity index (χ2n) is 5.62. The van der Waals surface area contributed by atoms with Gasteiger partial charge in [-0.1, -0.05) is 24.1 Å². The van der Waals surface area contributed by atoms with Gasteiger partial charge in [0.05, 0.1) is 5.02 Å². The van der Waals surface area contributed by atoms with Crippen molar-refractivity contribution in [2.45, 2.75) is 31.7 Å². The van der Waals surface area contributed by atoms with Crippen LogP contribution in [0.4, 0.5) is 0 Å². The molecule has 1 fully saturated rings. The van der Waals surface area contributed by atoms with E-state index >= 15 is 0 Å². The number of hydrogen-bond donors (Lipinski definition) is 0. The second-order valence-corrected chi connectivity index (χ2v) is 7.06. The number of piperidine rings is 1. The van der Waals surface area contributed by atoms with E-state index in [1.165, 1.54) is 49.2 Å². The smallest absolute Gasteiger partial charge is 0.125 e. The molecule has 0 aliphatic carbocycles. The molecule has 20 heavy (non-hydrogen) atoms. The van der Waals surface area contributed by atoms with Gasteiger partial charge < -0.3 is 0 Å². The SMILES string of the molecule is Clc1ccnc2sc(C3=CCCN4CCCCC34)cc12. The third-order valence-corrected chi connectivity index (χ3v) is 5.84. The Labute approximate surface area is 128 Å². The number of pyridine rings is 1. The zero-order valence-corrected chi connectivity index (χ0v) is 12.9. The Balaban J connectivity index is 1.77. The van der Waals surface area contributed by atoms with Crippen molar-refractivity contribution in [3.8, 4) is 0 Å². The summed E-state index contributed by atoms with van der Waals surface area (Å²) < 4.78 is 0. The number of aromatic nitrogens is 1. The van der Waals surface area contributed by atoms with Gasteiger partial charge in [0.15, 0.2) is 0 Å². The van der Waals surface area contributed by atoms with Gasteiger partial charge in [-0.15, -0.1) is 11.3 Å². The first kappa shape index (κ1) is 12.8. The summed E-state index contributed by atoms with van der Waals surface area (Å²) in [6, 6.07) is 4.73. The predicted octanol–water partition coefficient (Wildman–Crippen LogP) is 4.59. The standard InChI is InChI=1S/C16H17ClN2S/c17-13-6-7-18-16-12(13)10-15(20-16)11-4-3-9-19-8-2-1-5-14(11)19/h4,6-7,10,14H,1-3,5,8-9H2. The molecule has 4 heteroatoms. The zero-order valence-electron chi connectivity index (χ0n) is 11.3. The van der Waals surface area contributed by atoms with Crippen LogP contribution in [0.2, 0.25) is 5.02 Å². The van der Waals surface area contributed by atoms with E-state index in [1.54, 1.807) is 17.5 Å². The first-order valence-corrected chi connectivity index (χ1v) is 8.51. The summed E-state index contributed by atoms with van der Waals surface area (Å²) in [5, 5.41) is 1.91. The number of rotatable bonds is 1. The molecule has 2 aliphatic heterocycles. The van der Waals surface area contributed by atoms with Crippen molar-refractivity contribution >= 4 is 38.7 Å². The van der Waals surface area contributed by atoms with Crippen LogP contribution in [0.15, 0.2) is 24.4 Å². The molecule has 4 rings (SSSR count). The Morgan fingerprint density at radius 3 is 3.15 bits per heavy atom. The van der Waals surface area contributed by atoms with Crippen LogP contribution in [0.25, 0.3) is 15.8 Å². The van der Waals surface area contributed by atoms with E-state index in [0.717, 1.165) is 15.2 Å². The molecule has 2 nitrogen and oxygen atoms in total. The summed E-state index contributed by atoms with van der Waals surface area (Å²) in [4.78, 5) is 9.52. The maximum absolute atomic E-state index is 6.28. The van der Waals surface area contributed by atoms with Gasteiger partial charge in [-0.25, -0.2) is 4.98 Å². The quantitative estimate of drug-likeness (QED) is 0.766. The van der Waals surface area contributed by atoms with E-state index in [0.29, 0.717) is 6.04 Å². The van der Waals surface area contributed by atoms with Gasteiger partial charge in [0, 0.05) is 29.0 Å². The van der Waals surface area contributed by atoms with Crippen LogP contribution >= 0.6 is 22.9 Å². The lowest BCUT2D eigenvalue weighted by molar-refractivity contribution is 0.182. The summed E-state index contributed by atoms with van der Waals surface area (Å²) in [6.45, 7) is 2.48.